The van der Waals surface area contributed by atoms with Crippen LogP contribution in [0.1, 0.15) is 55.4 Å². The van der Waals surface area contributed by atoms with E-state index in [0.29, 0.717) is 18.1 Å². The Morgan fingerprint density at radius 1 is 1.16 bits per heavy atom. The van der Waals surface area contributed by atoms with Crippen LogP contribution in [0.2, 0.25) is 0 Å². The zero-order valence-electron chi connectivity index (χ0n) is 14.7. The van der Waals surface area contributed by atoms with Crippen molar-refractivity contribution < 1.29 is 9.21 Å². The van der Waals surface area contributed by atoms with Gasteiger partial charge in [0.05, 0.1) is 6.26 Å². The van der Waals surface area contributed by atoms with Gasteiger partial charge in [0.25, 0.3) is 0 Å². The lowest BCUT2D eigenvalue weighted by atomic mass is 9.87. The molecule has 2 aliphatic rings. The fraction of sp³-hybridized carbons (Fsp3) is 0.348. The summed E-state index contributed by atoms with van der Waals surface area (Å²) in [5, 5.41) is 0. The van der Waals surface area contributed by atoms with Crippen molar-refractivity contribution in [2.24, 2.45) is 5.92 Å². The molecule has 2 aliphatic carbocycles. The van der Waals surface area contributed by atoms with Crippen LogP contribution in [0.5, 0.6) is 0 Å². The topological polar surface area (TPSA) is 30.2 Å². The number of aryl methyl sites for hydroxylation is 1. The number of carbonyl (C=O) groups excluding carboxylic acids is 1. The Labute approximate surface area is 149 Å². The summed E-state index contributed by atoms with van der Waals surface area (Å²) in [7, 11) is 0. The molecule has 1 aromatic carbocycles. The molecule has 2 atom stereocenters. The minimum absolute atomic E-state index is 0.107. The minimum atomic E-state index is 0.107. The van der Waals surface area contributed by atoms with Crippen molar-refractivity contribution in [3.8, 4) is 0 Å². The molecule has 1 aromatic heterocycles. The maximum absolute atomic E-state index is 12.8. The Hall–Kier alpha value is -2.35. The SMILES string of the molecule is CCC1C(CCC(=O)C2CCc3ccccc32)=CC=C1c1ccco1. The summed E-state index contributed by atoms with van der Waals surface area (Å²) in [6.45, 7) is 2.20. The van der Waals surface area contributed by atoms with Crippen molar-refractivity contribution >= 4 is 11.4 Å². The maximum atomic E-state index is 12.8. The van der Waals surface area contributed by atoms with Crippen LogP contribution in [0.3, 0.4) is 0 Å². The summed E-state index contributed by atoms with van der Waals surface area (Å²) >= 11 is 0. The molecule has 0 bridgehead atoms. The number of ketones is 1. The Bertz CT molecular complexity index is 824. The fourth-order valence-corrected chi connectivity index (χ4v) is 4.40. The average Bonchev–Trinajstić information content (AvgIpc) is 3.37. The number of benzene rings is 1. The molecule has 0 amide bonds. The number of hydrogen-bond donors (Lipinski definition) is 0. The third-order valence-corrected chi connectivity index (χ3v) is 5.70. The molecular formula is C23H24O2. The van der Waals surface area contributed by atoms with Crippen LogP contribution in [0, 0.1) is 5.92 Å². The number of carbonyl (C=O) groups is 1. The van der Waals surface area contributed by atoms with Crippen molar-refractivity contribution in [3.63, 3.8) is 0 Å². The summed E-state index contributed by atoms with van der Waals surface area (Å²) in [5.41, 5.74) is 5.23. The quantitative estimate of drug-likeness (QED) is 0.678. The van der Waals surface area contributed by atoms with Crippen LogP contribution in [-0.2, 0) is 11.2 Å². The van der Waals surface area contributed by atoms with Crippen LogP contribution in [0.25, 0.3) is 5.57 Å². The largest absolute Gasteiger partial charge is 0.465 e. The summed E-state index contributed by atoms with van der Waals surface area (Å²) in [4.78, 5) is 12.8. The third kappa shape index (κ3) is 3.02. The predicted octanol–water partition coefficient (Wildman–Crippen LogP) is 5.71. The van der Waals surface area contributed by atoms with Gasteiger partial charge in [-0.25, -0.2) is 0 Å². The molecule has 2 unspecified atom stereocenters. The molecule has 2 heteroatoms. The van der Waals surface area contributed by atoms with Gasteiger partial charge in [0.1, 0.15) is 11.5 Å². The molecule has 0 aliphatic heterocycles. The highest BCUT2D eigenvalue weighted by Crippen LogP contribution is 2.40. The smallest absolute Gasteiger partial charge is 0.140 e. The van der Waals surface area contributed by atoms with Crippen molar-refractivity contribution in [1.29, 1.82) is 0 Å². The number of rotatable bonds is 6. The Morgan fingerprint density at radius 3 is 2.84 bits per heavy atom. The molecule has 2 aromatic rings. The zero-order valence-corrected chi connectivity index (χ0v) is 14.7. The van der Waals surface area contributed by atoms with Crippen LogP contribution in [-0.4, -0.2) is 5.78 Å². The Kier molecular flexibility index (Phi) is 4.44. The molecule has 0 fully saturated rings. The summed E-state index contributed by atoms with van der Waals surface area (Å²) < 4.78 is 5.58. The van der Waals surface area contributed by atoms with Crippen LogP contribution < -0.4 is 0 Å². The molecule has 2 nitrogen and oxygen atoms in total. The molecule has 0 saturated carbocycles. The van der Waals surface area contributed by atoms with E-state index in [9.17, 15) is 4.79 Å². The first kappa shape index (κ1) is 16.1. The standard InChI is InChI=1S/C23H24O2/c1-2-18-17(10-13-21(18)23-8-5-15-25-23)11-14-22(24)20-12-9-16-6-3-4-7-19(16)20/h3-8,10,13,15,18,20H,2,9,11-12,14H2,1H3. The van der Waals surface area contributed by atoms with Crippen molar-refractivity contribution in [2.75, 3.05) is 0 Å². The molecule has 4 rings (SSSR count). The number of allylic oxidation sites excluding steroid dienone is 4. The van der Waals surface area contributed by atoms with E-state index in [-0.39, 0.29) is 5.92 Å². The second-order valence-corrected chi connectivity index (χ2v) is 7.06. The highest BCUT2D eigenvalue weighted by atomic mass is 16.3. The van der Waals surface area contributed by atoms with E-state index in [2.05, 4.69) is 43.3 Å². The van der Waals surface area contributed by atoms with Crippen LogP contribution in [0.4, 0.5) is 0 Å². The molecule has 0 spiro atoms. The van der Waals surface area contributed by atoms with Crippen LogP contribution >= 0.6 is 0 Å². The molecule has 0 N–H and O–H groups in total. The van der Waals surface area contributed by atoms with Crippen molar-refractivity contribution in [1.82, 2.24) is 0 Å². The van der Waals surface area contributed by atoms with E-state index < -0.39 is 0 Å². The highest BCUT2D eigenvalue weighted by molar-refractivity contribution is 5.87. The zero-order chi connectivity index (χ0) is 17.2. The molecule has 128 valence electrons. The van der Waals surface area contributed by atoms with E-state index >= 15 is 0 Å². The summed E-state index contributed by atoms with van der Waals surface area (Å²) in [6.07, 6.45) is 10.6. The van der Waals surface area contributed by atoms with E-state index in [4.69, 9.17) is 4.42 Å². The van der Waals surface area contributed by atoms with Gasteiger partial charge in [-0.05, 0) is 48.9 Å². The van der Waals surface area contributed by atoms with Gasteiger partial charge < -0.3 is 4.42 Å². The van der Waals surface area contributed by atoms with Gasteiger partial charge in [-0.2, -0.15) is 0 Å². The van der Waals surface area contributed by atoms with Gasteiger partial charge in [0.2, 0.25) is 0 Å². The second kappa shape index (κ2) is 6.87. The van der Waals surface area contributed by atoms with E-state index in [1.165, 1.54) is 22.3 Å². The van der Waals surface area contributed by atoms with Gasteiger partial charge in [0.15, 0.2) is 0 Å². The lowest BCUT2D eigenvalue weighted by Gasteiger charge is -2.17. The van der Waals surface area contributed by atoms with E-state index in [1.807, 2.05) is 12.1 Å². The molecule has 0 radical (unpaired) electrons. The maximum Gasteiger partial charge on any atom is 0.140 e. The van der Waals surface area contributed by atoms with Gasteiger partial charge >= 0.3 is 0 Å². The van der Waals surface area contributed by atoms with Gasteiger partial charge in [-0.1, -0.05) is 48.9 Å². The molecular weight excluding hydrogens is 308 g/mol. The number of fused-ring (bicyclic) bond motifs is 1. The highest BCUT2D eigenvalue weighted by Gasteiger charge is 2.29. The minimum Gasteiger partial charge on any atom is -0.465 e. The fourth-order valence-electron chi connectivity index (χ4n) is 4.40. The van der Waals surface area contributed by atoms with Gasteiger partial charge in [0, 0.05) is 23.8 Å². The van der Waals surface area contributed by atoms with E-state index in [0.717, 1.165) is 31.4 Å². The molecule has 0 saturated heterocycles. The first-order valence-electron chi connectivity index (χ1n) is 9.33. The predicted molar refractivity (Wildman–Crippen MR) is 100 cm³/mol. The third-order valence-electron chi connectivity index (χ3n) is 5.70. The lowest BCUT2D eigenvalue weighted by molar-refractivity contribution is -0.120. The van der Waals surface area contributed by atoms with Gasteiger partial charge in [-0.15, -0.1) is 0 Å². The Morgan fingerprint density at radius 2 is 2.04 bits per heavy atom. The monoisotopic (exact) mass is 332 g/mol. The second-order valence-electron chi connectivity index (χ2n) is 7.06. The number of furan rings is 1. The van der Waals surface area contributed by atoms with Gasteiger partial charge in [-0.3, -0.25) is 4.79 Å². The summed E-state index contributed by atoms with van der Waals surface area (Å²) in [6, 6.07) is 12.4. The van der Waals surface area contributed by atoms with Crippen LogP contribution in [0.15, 0.2) is 64.8 Å². The van der Waals surface area contributed by atoms with Crippen molar-refractivity contribution in [2.45, 2.75) is 44.9 Å². The number of hydrogen-bond acceptors (Lipinski definition) is 2. The average molecular weight is 332 g/mol. The number of Topliss-reactive ketones (excluding diaryl/α,β-unsaturated/α-hetero) is 1. The lowest BCUT2D eigenvalue weighted by Crippen LogP contribution is -2.11. The summed E-state index contributed by atoms with van der Waals surface area (Å²) in [5.74, 6) is 1.84. The van der Waals surface area contributed by atoms with E-state index in [1.54, 1.807) is 6.26 Å². The normalized spacial score (nSPS) is 21.8. The molecule has 25 heavy (non-hydrogen) atoms. The Balaban J connectivity index is 1.40. The molecule has 1 heterocycles. The first-order chi connectivity index (χ1) is 12.3. The van der Waals surface area contributed by atoms with Crippen molar-refractivity contribution in [3.05, 3.63) is 77.3 Å². The first-order valence-corrected chi connectivity index (χ1v) is 9.33.